The molecule has 144 valence electrons. The fraction of sp³-hybridized carbons (Fsp3) is 0.391. The number of amides is 1. The Kier molecular flexibility index (Phi) is 4.91. The Morgan fingerprint density at radius 2 is 2.07 bits per heavy atom. The van der Waals surface area contributed by atoms with Gasteiger partial charge in [0, 0.05) is 25.1 Å². The topological polar surface area (TPSA) is 53.3 Å². The predicted octanol–water partition coefficient (Wildman–Crippen LogP) is 4.04. The number of nitriles is 1. The SMILES string of the molecule is Cc1c(Cc2ccc(C#N)cc2F)cc2c(c1C)CN(C1CCCOC1)C2=O. The molecule has 0 radical (unpaired) electrons. The molecular formula is C23H23FN2O2. The van der Waals surface area contributed by atoms with Crippen molar-refractivity contribution in [3.63, 3.8) is 0 Å². The summed E-state index contributed by atoms with van der Waals surface area (Å²) >= 11 is 0. The van der Waals surface area contributed by atoms with Gasteiger partial charge in [-0.3, -0.25) is 4.79 Å². The van der Waals surface area contributed by atoms with Crippen LogP contribution in [0.25, 0.3) is 0 Å². The van der Waals surface area contributed by atoms with Gasteiger partial charge in [-0.15, -0.1) is 0 Å². The summed E-state index contributed by atoms with van der Waals surface area (Å²) in [4.78, 5) is 15.0. The first-order valence-corrected chi connectivity index (χ1v) is 9.68. The molecule has 5 heteroatoms. The van der Waals surface area contributed by atoms with Crippen molar-refractivity contribution in [2.24, 2.45) is 0 Å². The van der Waals surface area contributed by atoms with Crippen molar-refractivity contribution < 1.29 is 13.9 Å². The molecule has 1 saturated heterocycles. The average molecular weight is 378 g/mol. The number of hydrogen-bond donors (Lipinski definition) is 0. The Labute approximate surface area is 164 Å². The second-order valence-corrected chi connectivity index (χ2v) is 7.71. The van der Waals surface area contributed by atoms with Gasteiger partial charge in [0.25, 0.3) is 5.91 Å². The second-order valence-electron chi connectivity index (χ2n) is 7.71. The first kappa shape index (κ1) is 18.6. The summed E-state index contributed by atoms with van der Waals surface area (Å²) in [5.74, 6) is -0.334. The van der Waals surface area contributed by atoms with E-state index in [-0.39, 0.29) is 17.8 Å². The molecule has 2 aromatic carbocycles. The van der Waals surface area contributed by atoms with Gasteiger partial charge < -0.3 is 9.64 Å². The lowest BCUT2D eigenvalue weighted by Gasteiger charge is -2.30. The summed E-state index contributed by atoms with van der Waals surface area (Å²) in [6.07, 6.45) is 2.35. The molecule has 1 unspecified atom stereocenters. The van der Waals surface area contributed by atoms with Crippen LogP contribution in [0.1, 0.15) is 56.6 Å². The fourth-order valence-corrected chi connectivity index (χ4v) is 4.24. The number of hydrogen-bond acceptors (Lipinski definition) is 3. The molecular weight excluding hydrogens is 355 g/mol. The first-order chi connectivity index (χ1) is 13.5. The molecule has 2 heterocycles. The molecule has 2 aliphatic heterocycles. The molecule has 0 aromatic heterocycles. The van der Waals surface area contributed by atoms with Gasteiger partial charge in [-0.25, -0.2) is 4.39 Å². The lowest BCUT2D eigenvalue weighted by atomic mass is 9.91. The summed E-state index contributed by atoms with van der Waals surface area (Å²) < 4.78 is 19.9. The van der Waals surface area contributed by atoms with Gasteiger partial charge in [0.1, 0.15) is 5.82 Å². The average Bonchev–Trinajstić information content (AvgIpc) is 3.04. The number of benzene rings is 2. The van der Waals surface area contributed by atoms with Gasteiger partial charge in [-0.1, -0.05) is 6.07 Å². The number of fused-ring (bicyclic) bond motifs is 1. The van der Waals surface area contributed by atoms with E-state index in [0.29, 0.717) is 30.7 Å². The van der Waals surface area contributed by atoms with Crippen LogP contribution >= 0.6 is 0 Å². The summed E-state index contributed by atoms with van der Waals surface area (Å²) in [5.41, 5.74) is 5.81. The number of carbonyl (C=O) groups excluding carboxylic acids is 1. The lowest BCUT2D eigenvalue weighted by molar-refractivity contribution is 0.0179. The Balaban J connectivity index is 1.66. The Bertz CT molecular complexity index is 987. The molecule has 1 amide bonds. The van der Waals surface area contributed by atoms with E-state index in [0.717, 1.165) is 47.3 Å². The fourth-order valence-electron chi connectivity index (χ4n) is 4.24. The number of rotatable bonds is 3. The molecule has 0 spiro atoms. The van der Waals surface area contributed by atoms with Gasteiger partial charge >= 0.3 is 0 Å². The van der Waals surface area contributed by atoms with Crippen molar-refractivity contribution in [2.75, 3.05) is 13.2 Å². The van der Waals surface area contributed by atoms with Gasteiger partial charge in [0.2, 0.25) is 0 Å². The maximum absolute atomic E-state index is 14.4. The summed E-state index contributed by atoms with van der Waals surface area (Å²) in [5, 5.41) is 8.92. The number of ether oxygens (including phenoxy) is 1. The number of nitrogens with zero attached hydrogens (tertiary/aromatic N) is 2. The second kappa shape index (κ2) is 7.37. The molecule has 4 rings (SSSR count). The van der Waals surface area contributed by atoms with Crippen LogP contribution in [0.15, 0.2) is 24.3 Å². The van der Waals surface area contributed by atoms with Crippen LogP contribution in [-0.4, -0.2) is 30.1 Å². The monoisotopic (exact) mass is 378 g/mol. The van der Waals surface area contributed by atoms with E-state index in [1.54, 1.807) is 12.1 Å². The molecule has 0 aliphatic carbocycles. The van der Waals surface area contributed by atoms with Crippen LogP contribution in [0.2, 0.25) is 0 Å². The highest BCUT2D eigenvalue weighted by molar-refractivity contribution is 5.99. The smallest absolute Gasteiger partial charge is 0.254 e. The minimum atomic E-state index is -0.385. The van der Waals surface area contributed by atoms with Crippen LogP contribution < -0.4 is 0 Å². The van der Waals surface area contributed by atoms with Gasteiger partial charge in [-0.05, 0) is 72.7 Å². The van der Waals surface area contributed by atoms with E-state index in [4.69, 9.17) is 10.00 Å². The highest BCUT2D eigenvalue weighted by Crippen LogP contribution is 2.33. The molecule has 0 bridgehead atoms. The van der Waals surface area contributed by atoms with Gasteiger partial charge in [0.05, 0.1) is 24.3 Å². The normalized spacial score (nSPS) is 18.9. The van der Waals surface area contributed by atoms with Crippen molar-refractivity contribution in [1.82, 2.24) is 4.90 Å². The summed E-state index contributed by atoms with van der Waals surface area (Å²) in [7, 11) is 0. The number of halogens is 1. The minimum Gasteiger partial charge on any atom is -0.379 e. The summed E-state index contributed by atoms with van der Waals surface area (Å²) in [6, 6.07) is 8.57. The Morgan fingerprint density at radius 1 is 1.25 bits per heavy atom. The van der Waals surface area contributed by atoms with E-state index >= 15 is 0 Å². The van der Waals surface area contributed by atoms with Crippen molar-refractivity contribution in [3.8, 4) is 6.07 Å². The van der Waals surface area contributed by atoms with Crippen LogP contribution in [0.5, 0.6) is 0 Å². The zero-order valence-corrected chi connectivity index (χ0v) is 16.2. The third-order valence-electron chi connectivity index (χ3n) is 6.10. The van der Waals surface area contributed by atoms with Crippen molar-refractivity contribution in [1.29, 1.82) is 5.26 Å². The predicted molar refractivity (Wildman–Crippen MR) is 104 cm³/mol. The standard InChI is InChI=1S/C23H23FN2O2/c1-14-15(2)21-12-26(19-4-3-7-28-13-19)23(27)20(21)10-18(14)9-17-6-5-16(11-25)8-22(17)24/h5-6,8,10,19H,3-4,7,9,12-13H2,1-2H3. The van der Waals surface area contributed by atoms with Gasteiger partial charge in [-0.2, -0.15) is 5.26 Å². The van der Waals surface area contributed by atoms with E-state index in [1.807, 2.05) is 30.9 Å². The third kappa shape index (κ3) is 3.18. The third-order valence-corrected chi connectivity index (χ3v) is 6.10. The lowest BCUT2D eigenvalue weighted by Crippen LogP contribution is -2.41. The molecule has 28 heavy (non-hydrogen) atoms. The molecule has 1 fully saturated rings. The van der Waals surface area contributed by atoms with Crippen LogP contribution in [-0.2, 0) is 17.7 Å². The maximum atomic E-state index is 14.4. The molecule has 4 nitrogen and oxygen atoms in total. The van der Waals surface area contributed by atoms with Crippen LogP contribution in [0.3, 0.4) is 0 Å². The maximum Gasteiger partial charge on any atom is 0.254 e. The summed E-state index contributed by atoms with van der Waals surface area (Å²) in [6.45, 7) is 6.07. The zero-order valence-electron chi connectivity index (χ0n) is 16.2. The van der Waals surface area contributed by atoms with E-state index in [1.165, 1.54) is 6.07 Å². The first-order valence-electron chi connectivity index (χ1n) is 9.68. The quantitative estimate of drug-likeness (QED) is 0.810. The Morgan fingerprint density at radius 3 is 2.75 bits per heavy atom. The van der Waals surface area contributed by atoms with Crippen LogP contribution in [0.4, 0.5) is 4.39 Å². The van der Waals surface area contributed by atoms with Gasteiger partial charge in [0.15, 0.2) is 0 Å². The van der Waals surface area contributed by atoms with E-state index in [9.17, 15) is 9.18 Å². The Hall–Kier alpha value is -2.71. The zero-order chi connectivity index (χ0) is 19.8. The van der Waals surface area contributed by atoms with Crippen LogP contribution in [0, 0.1) is 31.0 Å². The molecule has 0 saturated carbocycles. The van der Waals surface area contributed by atoms with Crippen molar-refractivity contribution in [3.05, 3.63) is 69.0 Å². The molecule has 2 aromatic rings. The largest absolute Gasteiger partial charge is 0.379 e. The highest BCUT2D eigenvalue weighted by Gasteiger charge is 2.35. The molecule has 2 aliphatic rings. The van der Waals surface area contributed by atoms with E-state index < -0.39 is 0 Å². The molecule has 0 N–H and O–H groups in total. The van der Waals surface area contributed by atoms with Crippen molar-refractivity contribution >= 4 is 5.91 Å². The van der Waals surface area contributed by atoms with E-state index in [2.05, 4.69) is 0 Å². The number of carbonyl (C=O) groups is 1. The highest BCUT2D eigenvalue weighted by atomic mass is 19.1. The van der Waals surface area contributed by atoms with Crippen molar-refractivity contribution in [2.45, 2.75) is 45.7 Å². The molecule has 1 atom stereocenters. The minimum absolute atomic E-state index is 0.0511.